The van der Waals surface area contributed by atoms with Crippen molar-refractivity contribution in [2.75, 3.05) is 20.3 Å². The van der Waals surface area contributed by atoms with Gasteiger partial charge in [-0.15, -0.1) is 0 Å². The van der Waals surface area contributed by atoms with Crippen molar-refractivity contribution in [3.8, 4) is 11.5 Å². The number of fused-ring (bicyclic) bond motifs is 1. The summed E-state index contributed by atoms with van der Waals surface area (Å²) >= 11 is 0. The highest BCUT2D eigenvalue weighted by molar-refractivity contribution is 5.99. The molecule has 7 nitrogen and oxygen atoms in total. The quantitative estimate of drug-likeness (QED) is 0.106. The summed E-state index contributed by atoms with van der Waals surface area (Å²) in [5, 5.41) is 9.29. The Hall–Kier alpha value is -4.39. The first-order valence-corrected chi connectivity index (χ1v) is 16.5. The van der Waals surface area contributed by atoms with E-state index in [1.165, 1.54) is 7.11 Å². The third-order valence-corrected chi connectivity index (χ3v) is 8.38. The molecule has 244 valence electrons. The van der Waals surface area contributed by atoms with Crippen LogP contribution >= 0.6 is 0 Å². The van der Waals surface area contributed by atoms with Crippen molar-refractivity contribution in [3.63, 3.8) is 0 Å². The molecule has 1 aliphatic carbocycles. The fourth-order valence-corrected chi connectivity index (χ4v) is 5.96. The predicted molar refractivity (Wildman–Crippen MR) is 180 cm³/mol. The number of carboxylic acids is 1. The summed E-state index contributed by atoms with van der Waals surface area (Å²) in [7, 11) is 1.37. The minimum Gasteiger partial charge on any atom is -0.493 e. The molecule has 1 aliphatic rings. The number of carbonyl (C=O) groups excluding carboxylic acids is 2. The fourth-order valence-electron chi connectivity index (χ4n) is 5.96. The van der Waals surface area contributed by atoms with Gasteiger partial charge in [0.1, 0.15) is 11.5 Å². The molecular formula is C39H46O7. The number of hydrogen-bond acceptors (Lipinski definition) is 6. The second-order valence-electron chi connectivity index (χ2n) is 11.7. The molecule has 0 aromatic heterocycles. The molecule has 46 heavy (non-hydrogen) atoms. The van der Waals surface area contributed by atoms with Gasteiger partial charge in [-0.3, -0.25) is 14.4 Å². The van der Waals surface area contributed by atoms with Gasteiger partial charge in [-0.25, -0.2) is 0 Å². The number of carboxylic acid groups (broad SMARTS) is 1. The van der Waals surface area contributed by atoms with Crippen LogP contribution < -0.4 is 9.47 Å². The van der Waals surface area contributed by atoms with Crippen molar-refractivity contribution < 1.29 is 33.7 Å². The minimum atomic E-state index is -0.840. The van der Waals surface area contributed by atoms with Gasteiger partial charge < -0.3 is 19.3 Å². The maximum absolute atomic E-state index is 12.6. The normalized spacial score (nSPS) is 12.6. The zero-order valence-electron chi connectivity index (χ0n) is 26.9. The number of aliphatic carboxylic acids is 1. The van der Waals surface area contributed by atoms with Crippen LogP contribution in [-0.4, -0.2) is 43.2 Å². The number of rotatable bonds is 19. The minimum absolute atomic E-state index is 0.0355. The number of methoxy groups -OCH3 is 1. The number of unbranched alkanes of at least 4 members (excludes halogenated alkanes) is 3. The Kier molecular flexibility index (Phi) is 13.9. The van der Waals surface area contributed by atoms with Gasteiger partial charge in [0.05, 0.1) is 20.3 Å². The Balaban J connectivity index is 1.29. The summed E-state index contributed by atoms with van der Waals surface area (Å²) in [6.07, 6.45) is 13.4. The van der Waals surface area contributed by atoms with E-state index >= 15 is 0 Å². The average Bonchev–Trinajstić information content (AvgIpc) is 3.06. The molecule has 0 saturated carbocycles. The Morgan fingerprint density at radius 3 is 2.33 bits per heavy atom. The predicted octanol–water partition coefficient (Wildman–Crippen LogP) is 7.99. The van der Waals surface area contributed by atoms with Crippen LogP contribution in [0.15, 0.2) is 66.7 Å². The highest BCUT2D eigenvalue weighted by Crippen LogP contribution is 2.32. The number of hydrogen-bond donors (Lipinski definition) is 1. The summed E-state index contributed by atoms with van der Waals surface area (Å²) in [5.74, 6) is 0.676. The summed E-state index contributed by atoms with van der Waals surface area (Å²) in [5.41, 5.74) is 6.31. The molecule has 0 amide bonds. The summed E-state index contributed by atoms with van der Waals surface area (Å²) in [4.78, 5) is 35.3. The largest absolute Gasteiger partial charge is 0.493 e. The van der Waals surface area contributed by atoms with Crippen LogP contribution in [0.1, 0.15) is 96.0 Å². The molecule has 7 heteroatoms. The summed E-state index contributed by atoms with van der Waals surface area (Å²) < 4.78 is 17.0. The average molecular weight is 627 g/mol. The number of esters is 1. The zero-order valence-corrected chi connectivity index (χ0v) is 26.9. The van der Waals surface area contributed by atoms with Gasteiger partial charge in [0, 0.05) is 30.4 Å². The maximum atomic E-state index is 12.6. The fraction of sp³-hybridized carbons (Fsp3) is 0.410. The van der Waals surface area contributed by atoms with Gasteiger partial charge in [0.25, 0.3) is 0 Å². The standard InChI is InChI=1S/C39H46O7/c1-44-39(43)22-12-28-46-36-21-10-17-30(31(36)24-26-38(41)42)16-7-2-3-8-27-45-37-25-23-33-32(18-11-20-35(33)40)34(37)19-9-15-29-13-5-4-6-14-29/h4-6,9-10,13-15,17,21,23,25H,2-3,7-8,11-12,16,18-20,22,24,26-28H2,1H3,(H,41,42)/b15-9+. The van der Waals surface area contributed by atoms with Crippen molar-refractivity contribution in [1.29, 1.82) is 0 Å². The number of allylic oxidation sites excluding steroid dienone is 1. The van der Waals surface area contributed by atoms with E-state index in [4.69, 9.17) is 9.47 Å². The van der Waals surface area contributed by atoms with Gasteiger partial charge in [-0.2, -0.15) is 0 Å². The smallest absolute Gasteiger partial charge is 0.305 e. The molecule has 3 aromatic rings. The van der Waals surface area contributed by atoms with Gasteiger partial charge in [0.2, 0.25) is 0 Å². The molecule has 0 spiro atoms. The lowest BCUT2D eigenvalue weighted by molar-refractivity contribution is -0.141. The number of ketones is 1. The van der Waals surface area contributed by atoms with Crippen LogP contribution in [-0.2, 0) is 40.0 Å². The van der Waals surface area contributed by atoms with Crippen molar-refractivity contribution in [1.82, 2.24) is 0 Å². The number of benzene rings is 3. The molecule has 0 atom stereocenters. The zero-order chi connectivity index (χ0) is 32.6. The molecule has 3 aromatic carbocycles. The highest BCUT2D eigenvalue weighted by Gasteiger charge is 2.22. The number of carbonyl (C=O) groups is 3. The van der Waals surface area contributed by atoms with Crippen LogP contribution in [0.4, 0.5) is 0 Å². The molecule has 0 radical (unpaired) electrons. The van der Waals surface area contributed by atoms with Crippen molar-refractivity contribution in [3.05, 3.63) is 100 Å². The second kappa shape index (κ2) is 18.5. The highest BCUT2D eigenvalue weighted by atomic mass is 16.5. The van der Waals surface area contributed by atoms with Gasteiger partial charge in [-0.1, -0.05) is 67.5 Å². The topological polar surface area (TPSA) is 99.1 Å². The second-order valence-corrected chi connectivity index (χ2v) is 11.7. The van der Waals surface area contributed by atoms with E-state index < -0.39 is 5.97 Å². The first-order chi connectivity index (χ1) is 22.5. The molecule has 0 bridgehead atoms. The lowest BCUT2D eigenvalue weighted by Gasteiger charge is -2.21. The molecule has 1 N–H and O–H groups in total. The lowest BCUT2D eigenvalue weighted by Crippen LogP contribution is -2.14. The Labute approximate surface area is 272 Å². The molecule has 0 aliphatic heterocycles. The monoisotopic (exact) mass is 626 g/mol. The number of Topliss-reactive ketones (excluding diaryl/α,β-unsaturated/α-hetero) is 1. The molecule has 0 unspecified atom stereocenters. The summed E-state index contributed by atoms with van der Waals surface area (Å²) in [6, 6.07) is 20.0. The van der Waals surface area contributed by atoms with Crippen LogP contribution in [0.2, 0.25) is 0 Å². The molecule has 0 saturated heterocycles. The van der Waals surface area contributed by atoms with Crippen LogP contribution in [0, 0.1) is 0 Å². The molecular weight excluding hydrogens is 580 g/mol. The van der Waals surface area contributed by atoms with Crippen LogP contribution in [0.25, 0.3) is 6.08 Å². The third-order valence-electron chi connectivity index (χ3n) is 8.38. The van der Waals surface area contributed by atoms with Gasteiger partial charge in [0.15, 0.2) is 5.78 Å². The Bertz CT molecular complexity index is 1480. The van der Waals surface area contributed by atoms with E-state index in [2.05, 4.69) is 35.1 Å². The summed E-state index contributed by atoms with van der Waals surface area (Å²) in [6.45, 7) is 0.977. The number of ether oxygens (including phenoxy) is 3. The van der Waals surface area contributed by atoms with E-state index in [9.17, 15) is 19.5 Å². The van der Waals surface area contributed by atoms with Crippen molar-refractivity contribution in [2.24, 2.45) is 0 Å². The van der Waals surface area contributed by atoms with E-state index in [0.717, 1.165) is 90.5 Å². The number of aryl methyl sites for hydroxylation is 1. The first-order valence-electron chi connectivity index (χ1n) is 16.5. The van der Waals surface area contributed by atoms with E-state index in [1.807, 2.05) is 42.5 Å². The van der Waals surface area contributed by atoms with E-state index in [1.54, 1.807) is 0 Å². The first kappa shape index (κ1) is 34.5. The molecule has 0 heterocycles. The molecule has 0 fully saturated rings. The SMILES string of the molecule is COC(=O)CCCOc1cccc(CCCCCCOc2ccc3c(c2C/C=C/c2ccccc2)CCCC3=O)c1CCC(=O)O. The third kappa shape index (κ3) is 10.6. The van der Waals surface area contributed by atoms with Gasteiger partial charge in [-0.05, 0) is 91.8 Å². The van der Waals surface area contributed by atoms with Crippen molar-refractivity contribution in [2.45, 2.75) is 83.5 Å². The lowest BCUT2D eigenvalue weighted by atomic mass is 9.86. The maximum Gasteiger partial charge on any atom is 0.305 e. The van der Waals surface area contributed by atoms with E-state index in [0.29, 0.717) is 38.2 Å². The van der Waals surface area contributed by atoms with Crippen molar-refractivity contribution >= 4 is 23.8 Å². The van der Waals surface area contributed by atoms with Crippen LogP contribution in [0.5, 0.6) is 11.5 Å². The van der Waals surface area contributed by atoms with E-state index in [-0.39, 0.29) is 24.6 Å². The Morgan fingerprint density at radius 2 is 1.54 bits per heavy atom. The Morgan fingerprint density at radius 1 is 0.783 bits per heavy atom. The van der Waals surface area contributed by atoms with Gasteiger partial charge >= 0.3 is 11.9 Å². The molecule has 4 rings (SSSR count). The van der Waals surface area contributed by atoms with Crippen LogP contribution in [0.3, 0.4) is 0 Å².